The molecule has 0 saturated carbocycles. The predicted octanol–water partition coefficient (Wildman–Crippen LogP) is 2.66. The highest BCUT2D eigenvalue weighted by Gasteiger charge is 2.34. The van der Waals surface area contributed by atoms with Gasteiger partial charge in [0.25, 0.3) is 20.2 Å². The van der Waals surface area contributed by atoms with E-state index in [1.807, 2.05) is 0 Å². The van der Waals surface area contributed by atoms with Crippen molar-refractivity contribution in [3.63, 3.8) is 0 Å². The van der Waals surface area contributed by atoms with Gasteiger partial charge in [0.15, 0.2) is 0 Å². The summed E-state index contributed by atoms with van der Waals surface area (Å²) in [4.78, 5) is -1.06. The molecular weight excluding hydrogens is 440 g/mol. The smallest absolute Gasteiger partial charge is 0.282 e. The summed E-state index contributed by atoms with van der Waals surface area (Å²) in [5.41, 5.74) is 1.71. The fraction of sp³-hybridized carbons (Fsp3) is 0. The molecule has 0 bridgehead atoms. The minimum absolute atomic E-state index is 0.0312. The third-order valence-electron chi connectivity index (χ3n) is 4.59. The van der Waals surface area contributed by atoms with E-state index < -0.39 is 35.0 Å². The highest BCUT2D eigenvalue weighted by atomic mass is 32.2. The lowest BCUT2D eigenvalue weighted by Crippen LogP contribution is -2.01. The third-order valence-corrected chi connectivity index (χ3v) is 8.14. The molecule has 1 aliphatic heterocycles. The maximum Gasteiger partial charge on any atom is 0.294 e. The molecule has 0 unspecified atom stereocenters. The Bertz CT molecular complexity index is 1490. The Morgan fingerprint density at radius 1 is 0.586 bits per heavy atom. The van der Waals surface area contributed by atoms with Gasteiger partial charge in [-0.25, -0.2) is 8.42 Å². The molecule has 0 aliphatic carbocycles. The van der Waals surface area contributed by atoms with Crippen molar-refractivity contribution in [3.05, 3.63) is 60.7 Å². The molecule has 2 N–H and O–H groups in total. The van der Waals surface area contributed by atoms with Gasteiger partial charge in [-0.05, 0) is 41.5 Å². The lowest BCUT2D eigenvalue weighted by Gasteiger charge is -2.06. The Morgan fingerprint density at radius 3 is 1.59 bits per heavy atom. The zero-order valence-electron chi connectivity index (χ0n) is 14.3. The molecule has 4 rings (SSSR count). The average Bonchev–Trinajstić information content (AvgIpc) is 2.87. The van der Waals surface area contributed by atoms with Crippen LogP contribution in [0.2, 0.25) is 0 Å². The van der Waals surface area contributed by atoms with Crippen molar-refractivity contribution in [3.8, 4) is 22.3 Å². The van der Waals surface area contributed by atoms with Crippen LogP contribution in [0.1, 0.15) is 0 Å². The van der Waals surface area contributed by atoms with Gasteiger partial charge in [0.1, 0.15) is 0 Å². The molecule has 8 nitrogen and oxygen atoms in total. The molecule has 150 valence electrons. The van der Waals surface area contributed by atoms with Crippen LogP contribution in [0, 0.1) is 0 Å². The van der Waals surface area contributed by atoms with Gasteiger partial charge in [-0.15, -0.1) is 0 Å². The lowest BCUT2D eigenvalue weighted by atomic mass is 10.0. The molecule has 1 heterocycles. The van der Waals surface area contributed by atoms with Gasteiger partial charge in [-0.1, -0.05) is 30.3 Å². The van der Waals surface area contributed by atoms with Crippen molar-refractivity contribution in [2.75, 3.05) is 0 Å². The van der Waals surface area contributed by atoms with E-state index in [9.17, 15) is 29.8 Å². The monoisotopic (exact) mass is 452 g/mol. The molecule has 3 aromatic carbocycles. The third kappa shape index (κ3) is 3.26. The summed E-state index contributed by atoms with van der Waals surface area (Å²) in [6, 6.07) is 13.2. The van der Waals surface area contributed by atoms with E-state index in [-0.39, 0.29) is 14.7 Å². The van der Waals surface area contributed by atoms with Crippen LogP contribution in [-0.4, -0.2) is 34.4 Å². The fourth-order valence-electron chi connectivity index (χ4n) is 3.19. The van der Waals surface area contributed by atoms with Gasteiger partial charge < -0.3 is 0 Å². The number of rotatable bonds is 3. The maximum absolute atomic E-state index is 12.9. The minimum atomic E-state index is -4.56. The van der Waals surface area contributed by atoms with E-state index in [1.165, 1.54) is 36.4 Å². The van der Waals surface area contributed by atoms with Crippen LogP contribution in [0.3, 0.4) is 0 Å². The zero-order chi connectivity index (χ0) is 21.2. The molecule has 0 atom stereocenters. The molecule has 0 amide bonds. The van der Waals surface area contributed by atoms with E-state index in [1.54, 1.807) is 12.1 Å². The highest BCUT2D eigenvalue weighted by molar-refractivity contribution is 7.92. The maximum atomic E-state index is 12.9. The Hall–Kier alpha value is -2.57. The lowest BCUT2D eigenvalue weighted by molar-refractivity contribution is 0.481. The van der Waals surface area contributed by atoms with Gasteiger partial charge in [0.2, 0.25) is 9.84 Å². The minimum Gasteiger partial charge on any atom is -0.282 e. The Balaban J connectivity index is 1.85. The van der Waals surface area contributed by atoms with Crippen molar-refractivity contribution < 1.29 is 34.4 Å². The number of sulfone groups is 1. The van der Waals surface area contributed by atoms with Crippen LogP contribution in [0.4, 0.5) is 0 Å². The van der Waals surface area contributed by atoms with Crippen LogP contribution in [-0.2, 0) is 30.1 Å². The van der Waals surface area contributed by atoms with Crippen molar-refractivity contribution in [1.29, 1.82) is 0 Å². The van der Waals surface area contributed by atoms with E-state index in [0.29, 0.717) is 22.3 Å². The predicted molar refractivity (Wildman–Crippen MR) is 102 cm³/mol. The average molecular weight is 452 g/mol. The Morgan fingerprint density at radius 2 is 1.03 bits per heavy atom. The van der Waals surface area contributed by atoms with Gasteiger partial charge in [0, 0.05) is 11.1 Å². The van der Waals surface area contributed by atoms with Crippen molar-refractivity contribution >= 4 is 30.1 Å². The first-order valence-electron chi connectivity index (χ1n) is 7.98. The first kappa shape index (κ1) is 19.7. The summed E-state index contributed by atoms with van der Waals surface area (Å²) in [6.45, 7) is 0. The van der Waals surface area contributed by atoms with E-state index in [2.05, 4.69) is 0 Å². The topological polar surface area (TPSA) is 143 Å². The van der Waals surface area contributed by atoms with Crippen LogP contribution < -0.4 is 0 Å². The van der Waals surface area contributed by atoms with E-state index in [4.69, 9.17) is 4.55 Å². The second kappa shape index (κ2) is 6.21. The first-order chi connectivity index (χ1) is 13.4. The molecule has 29 heavy (non-hydrogen) atoms. The molecule has 0 saturated heterocycles. The summed E-state index contributed by atoms with van der Waals surface area (Å²) in [7, 11) is -12.9. The van der Waals surface area contributed by atoms with Crippen LogP contribution in [0.25, 0.3) is 22.3 Å². The van der Waals surface area contributed by atoms with Crippen molar-refractivity contribution in [2.45, 2.75) is 19.6 Å². The van der Waals surface area contributed by atoms with Crippen LogP contribution in [0.15, 0.2) is 80.2 Å². The molecule has 3 aromatic rings. The van der Waals surface area contributed by atoms with Gasteiger partial charge >= 0.3 is 0 Å². The largest absolute Gasteiger partial charge is 0.294 e. The molecule has 0 spiro atoms. The standard InChI is InChI=1S/C18H12O8S3/c19-27(20)17-9-12(11-1-4-13(5-2-11)28(21,22)23)3-7-15(17)16-8-6-14(10-18(16)27)29(24,25)26/h1-10H,(H,21,22,23)(H,24,25,26). The molecule has 0 aromatic heterocycles. The zero-order valence-corrected chi connectivity index (χ0v) is 16.8. The number of fused-ring (bicyclic) bond motifs is 3. The van der Waals surface area contributed by atoms with E-state index >= 15 is 0 Å². The Kier molecular flexibility index (Phi) is 4.23. The fourth-order valence-corrected chi connectivity index (χ4v) is 5.99. The molecule has 0 radical (unpaired) electrons. The SMILES string of the molecule is O=S(=O)(O)c1ccc(-c2ccc3c(c2)S(=O)(=O)c2cc(S(=O)(=O)O)ccc2-3)cc1. The van der Waals surface area contributed by atoms with Crippen LogP contribution >= 0.6 is 0 Å². The van der Waals surface area contributed by atoms with Gasteiger partial charge in [-0.2, -0.15) is 16.8 Å². The summed E-state index contributed by atoms with van der Waals surface area (Å²) >= 11 is 0. The quantitative estimate of drug-likeness (QED) is 0.452. The molecular formula is C18H12O8S3. The van der Waals surface area contributed by atoms with E-state index in [0.717, 1.165) is 12.1 Å². The highest BCUT2D eigenvalue weighted by Crippen LogP contribution is 2.45. The molecule has 0 fully saturated rings. The number of benzene rings is 3. The second-order valence-corrected chi connectivity index (χ2v) is 11.1. The van der Waals surface area contributed by atoms with Crippen molar-refractivity contribution in [2.24, 2.45) is 0 Å². The second-order valence-electron chi connectivity index (χ2n) is 6.35. The molecule has 11 heteroatoms. The first-order valence-corrected chi connectivity index (χ1v) is 12.3. The summed E-state index contributed by atoms with van der Waals surface area (Å²) in [6.07, 6.45) is 0. The number of hydrogen-bond acceptors (Lipinski definition) is 6. The number of hydrogen-bond donors (Lipinski definition) is 2. The summed E-state index contributed by atoms with van der Waals surface area (Å²) < 4.78 is 89.1. The van der Waals surface area contributed by atoms with Crippen LogP contribution in [0.5, 0.6) is 0 Å². The van der Waals surface area contributed by atoms with Crippen molar-refractivity contribution in [1.82, 2.24) is 0 Å². The molecule has 1 aliphatic rings. The summed E-state index contributed by atoms with van der Waals surface area (Å²) in [5, 5.41) is 0. The normalized spacial score (nSPS) is 15.0. The Labute approximate surface area is 166 Å². The van der Waals surface area contributed by atoms with Gasteiger partial charge in [0.05, 0.1) is 19.6 Å². The van der Waals surface area contributed by atoms with Gasteiger partial charge in [-0.3, -0.25) is 9.11 Å². The summed E-state index contributed by atoms with van der Waals surface area (Å²) in [5.74, 6) is 0.